The average molecular weight is 197 g/mol. The number of pyridine rings is 1. The van der Waals surface area contributed by atoms with Gasteiger partial charge in [-0.05, 0) is 19.1 Å². The summed E-state index contributed by atoms with van der Waals surface area (Å²) in [5.41, 5.74) is 2.18. The Morgan fingerprint density at radius 1 is 1.07 bits per heavy atom. The van der Waals surface area contributed by atoms with Crippen LogP contribution < -0.4 is 10.2 Å². The first kappa shape index (κ1) is 9.78. The molecule has 0 saturated carbocycles. The zero-order valence-electron chi connectivity index (χ0n) is 8.90. The van der Waals surface area contributed by atoms with Gasteiger partial charge in [-0.15, -0.1) is 0 Å². The molecule has 0 radical (unpaired) electrons. The van der Waals surface area contributed by atoms with Gasteiger partial charge in [0.2, 0.25) is 5.88 Å². The normalized spacial score (nSPS) is 9.93. The van der Waals surface area contributed by atoms with Crippen molar-refractivity contribution in [3.63, 3.8) is 0 Å². The van der Waals surface area contributed by atoms with Crippen molar-refractivity contribution in [2.75, 3.05) is 0 Å². The molecule has 0 amide bonds. The van der Waals surface area contributed by atoms with Crippen molar-refractivity contribution in [2.24, 2.45) is 0 Å². The molecule has 15 heavy (non-hydrogen) atoms. The highest BCUT2D eigenvalue weighted by Crippen LogP contribution is 2.17. The van der Waals surface area contributed by atoms with Crippen molar-refractivity contribution in [3.8, 4) is 11.6 Å². The van der Waals surface area contributed by atoms with Crippen molar-refractivity contribution >= 4 is 13.3 Å². The van der Waals surface area contributed by atoms with Crippen LogP contribution in [0.3, 0.4) is 0 Å². The second-order valence-electron chi connectivity index (χ2n) is 3.47. The molecule has 2 rings (SSSR count). The molecular weight excluding hydrogens is 185 g/mol. The van der Waals surface area contributed by atoms with Gasteiger partial charge in [-0.25, -0.2) is 4.98 Å². The van der Waals surface area contributed by atoms with Crippen LogP contribution in [0, 0.1) is 6.92 Å². The van der Waals surface area contributed by atoms with Crippen LogP contribution in [0.4, 0.5) is 0 Å². The van der Waals surface area contributed by atoms with Crippen LogP contribution in [-0.4, -0.2) is 12.8 Å². The lowest BCUT2D eigenvalue weighted by Crippen LogP contribution is -2.08. The number of ether oxygens (including phenoxy) is 1. The number of rotatable bonds is 2. The number of aryl methyl sites for hydroxylation is 1. The molecule has 0 aliphatic rings. The van der Waals surface area contributed by atoms with E-state index in [4.69, 9.17) is 4.74 Å². The van der Waals surface area contributed by atoms with E-state index < -0.39 is 0 Å². The smallest absolute Gasteiger partial charge is 0.219 e. The largest absolute Gasteiger partial charge is 0.439 e. The molecule has 0 N–H and O–H groups in total. The summed E-state index contributed by atoms with van der Waals surface area (Å²) in [6.45, 7) is 1.98. The van der Waals surface area contributed by atoms with Crippen molar-refractivity contribution < 1.29 is 4.74 Å². The van der Waals surface area contributed by atoms with Gasteiger partial charge in [0.1, 0.15) is 13.6 Å². The highest BCUT2D eigenvalue weighted by Gasteiger charge is 1.99. The average Bonchev–Trinajstić information content (AvgIpc) is 2.25. The van der Waals surface area contributed by atoms with E-state index in [0.717, 1.165) is 11.4 Å². The van der Waals surface area contributed by atoms with Gasteiger partial charge in [0.15, 0.2) is 0 Å². The molecule has 1 heterocycles. The summed E-state index contributed by atoms with van der Waals surface area (Å²) in [7, 11) is 2.04. The lowest BCUT2D eigenvalue weighted by Gasteiger charge is -2.06. The molecule has 0 unspecified atom stereocenters. The molecule has 0 atom stereocenters. The van der Waals surface area contributed by atoms with Crippen molar-refractivity contribution in [1.82, 2.24) is 4.98 Å². The van der Waals surface area contributed by atoms with Crippen molar-refractivity contribution in [3.05, 3.63) is 48.2 Å². The minimum atomic E-state index is 0.643. The first-order chi connectivity index (χ1) is 7.25. The number of para-hydroxylation sites is 1. The Morgan fingerprint density at radius 3 is 2.47 bits per heavy atom. The maximum absolute atomic E-state index is 5.60. The molecule has 3 heteroatoms. The minimum Gasteiger partial charge on any atom is -0.439 e. The molecule has 1 aromatic heterocycles. The third kappa shape index (κ3) is 2.37. The van der Waals surface area contributed by atoms with Gasteiger partial charge in [-0.3, -0.25) is 0 Å². The summed E-state index contributed by atoms with van der Waals surface area (Å²) < 4.78 is 5.60. The molecule has 0 saturated heterocycles. The number of nitrogens with zero attached hydrogens (tertiary/aromatic N) is 1. The Balaban J connectivity index is 2.22. The SMILES string of the molecule is Bc1ccc(Oc2ccccc2)nc1C. The summed E-state index contributed by atoms with van der Waals surface area (Å²) in [6, 6.07) is 13.6. The molecule has 74 valence electrons. The van der Waals surface area contributed by atoms with Gasteiger partial charge in [0.25, 0.3) is 0 Å². The highest BCUT2D eigenvalue weighted by atomic mass is 16.5. The zero-order chi connectivity index (χ0) is 10.7. The van der Waals surface area contributed by atoms with Crippen molar-refractivity contribution in [1.29, 1.82) is 0 Å². The Labute approximate surface area is 90.3 Å². The van der Waals surface area contributed by atoms with E-state index in [9.17, 15) is 0 Å². The second kappa shape index (κ2) is 4.17. The van der Waals surface area contributed by atoms with Crippen LogP contribution >= 0.6 is 0 Å². The molecule has 2 aromatic rings. The fraction of sp³-hybridized carbons (Fsp3) is 0.0833. The molecular formula is C12H12BNO. The van der Waals surface area contributed by atoms with Gasteiger partial charge in [-0.1, -0.05) is 29.7 Å². The first-order valence-corrected chi connectivity index (χ1v) is 4.93. The number of benzene rings is 1. The van der Waals surface area contributed by atoms with E-state index in [1.807, 2.05) is 57.2 Å². The molecule has 0 bridgehead atoms. The zero-order valence-corrected chi connectivity index (χ0v) is 8.90. The molecule has 0 spiro atoms. The number of hydrogen-bond acceptors (Lipinski definition) is 2. The van der Waals surface area contributed by atoms with Crippen LogP contribution in [-0.2, 0) is 0 Å². The van der Waals surface area contributed by atoms with Gasteiger partial charge in [0, 0.05) is 11.8 Å². The van der Waals surface area contributed by atoms with Gasteiger partial charge in [0.05, 0.1) is 0 Å². The molecule has 2 nitrogen and oxygen atoms in total. The summed E-state index contributed by atoms with van der Waals surface area (Å²) in [5, 5.41) is 0. The van der Waals surface area contributed by atoms with Gasteiger partial charge >= 0.3 is 0 Å². The van der Waals surface area contributed by atoms with E-state index in [-0.39, 0.29) is 0 Å². The highest BCUT2D eigenvalue weighted by molar-refractivity contribution is 6.33. The van der Waals surface area contributed by atoms with E-state index in [1.165, 1.54) is 5.46 Å². The predicted molar refractivity (Wildman–Crippen MR) is 63.7 cm³/mol. The van der Waals surface area contributed by atoms with E-state index in [0.29, 0.717) is 5.88 Å². The Bertz CT molecular complexity index is 456. The van der Waals surface area contributed by atoms with E-state index in [2.05, 4.69) is 4.98 Å². The molecule has 0 aliphatic carbocycles. The summed E-state index contributed by atoms with van der Waals surface area (Å²) in [5.74, 6) is 1.46. The monoisotopic (exact) mass is 197 g/mol. The summed E-state index contributed by atoms with van der Waals surface area (Å²) in [6.07, 6.45) is 0. The third-order valence-electron chi connectivity index (χ3n) is 2.29. The fourth-order valence-electron chi connectivity index (χ4n) is 1.27. The maximum Gasteiger partial charge on any atom is 0.219 e. The minimum absolute atomic E-state index is 0.643. The van der Waals surface area contributed by atoms with Crippen LogP contribution in [0.2, 0.25) is 0 Å². The lowest BCUT2D eigenvalue weighted by atomic mass is 9.95. The number of aromatic nitrogens is 1. The fourth-order valence-corrected chi connectivity index (χ4v) is 1.27. The lowest BCUT2D eigenvalue weighted by molar-refractivity contribution is 0.462. The summed E-state index contributed by atoms with van der Waals surface area (Å²) >= 11 is 0. The molecule has 1 aromatic carbocycles. The quantitative estimate of drug-likeness (QED) is 0.679. The van der Waals surface area contributed by atoms with Crippen LogP contribution in [0.5, 0.6) is 11.6 Å². The van der Waals surface area contributed by atoms with Crippen LogP contribution in [0.1, 0.15) is 5.69 Å². The maximum atomic E-state index is 5.60. The Kier molecular flexibility index (Phi) is 2.72. The molecule has 0 aliphatic heterocycles. The topological polar surface area (TPSA) is 22.1 Å². The van der Waals surface area contributed by atoms with Crippen LogP contribution in [0.25, 0.3) is 0 Å². The third-order valence-corrected chi connectivity index (χ3v) is 2.29. The van der Waals surface area contributed by atoms with Gasteiger partial charge in [-0.2, -0.15) is 0 Å². The molecule has 0 fully saturated rings. The first-order valence-electron chi connectivity index (χ1n) is 4.93. The second-order valence-corrected chi connectivity index (χ2v) is 3.47. The van der Waals surface area contributed by atoms with Gasteiger partial charge < -0.3 is 4.74 Å². The summed E-state index contributed by atoms with van der Waals surface area (Å²) in [4.78, 5) is 4.35. The standard InChI is InChI=1S/C12H12BNO/c1-9-11(13)7-8-12(14-9)15-10-5-3-2-4-6-10/h2-8H,13H2,1H3. The Morgan fingerprint density at radius 2 is 1.80 bits per heavy atom. The van der Waals surface area contributed by atoms with E-state index in [1.54, 1.807) is 0 Å². The predicted octanol–water partition coefficient (Wildman–Crippen LogP) is 1.44. The number of hydrogen-bond donors (Lipinski definition) is 0. The van der Waals surface area contributed by atoms with Crippen molar-refractivity contribution in [2.45, 2.75) is 6.92 Å². The van der Waals surface area contributed by atoms with Crippen LogP contribution in [0.15, 0.2) is 42.5 Å². The Hall–Kier alpha value is -1.77. The van der Waals surface area contributed by atoms with E-state index >= 15 is 0 Å².